The third kappa shape index (κ3) is 3.26. The summed E-state index contributed by atoms with van der Waals surface area (Å²) in [6, 6.07) is 2.80. The molecule has 0 heterocycles. The Labute approximate surface area is 99.0 Å². The molecule has 0 saturated heterocycles. The number of benzene rings is 1. The van der Waals surface area contributed by atoms with Crippen LogP contribution < -0.4 is 0 Å². The van der Waals surface area contributed by atoms with Gasteiger partial charge in [-0.2, -0.15) is 0 Å². The number of rotatable bonds is 4. The zero-order valence-corrected chi connectivity index (χ0v) is 10.3. The van der Waals surface area contributed by atoms with Crippen molar-refractivity contribution in [3.8, 4) is 0 Å². The number of hydrogen-bond acceptors (Lipinski definition) is 3. The van der Waals surface area contributed by atoms with Crippen LogP contribution in [0.25, 0.3) is 0 Å². The van der Waals surface area contributed by atoms with Crippen molar-refractivity contribution in [1.82, 2.24) is 0 Å². The van der Waals surface area contributed by atoms with E-state index in [0.717, 1.165) is 18.2 Å². The first-order chi connectivity index (χ1) is 7.74. The highest BCUT2D eigenvalue weighted by atomic mass is 32.2. The summed E-state index contributed by atoms with van der Waals surface area (Å²) in [5.41, 5.74) is -0.272. The summed E-state index contributed by atoms with van der Waals surface area (Å²) in [6.45, 7) is 3.42. The molecule has 17 heavy (non-hydrogen) atoms. The number of carboxylic acids is 1. The maximum atomic E-state index is 13.5. The maximum absolute atomic E-state index is 13.5. The van der Waals surface area contributed by atoms with Gasteiger partial charge < -0.3 is 5.11 Å². The number of carboxylic acid groups (broad SMARTS) is 1. The fourth-order valence-corrected chi connectivity index (χ4v) is 3.10. The molecule has 0 unspecified atom stereocenters. The molecule has 1 aromatic carbocycles. The molecule has 0 aromatic heterocycles. The fourth-order valence-electron chi connectivity index (χ4n) is 1.41. The predicted molar refractivity (Wildman–Crippen MR) is 60.3 cm³/mol. The van der Waals surface area contributed by atoms with E-state index in [-0.39, 0.29) is 17.2 Å². The van der Waals surface area contributed by atoms with E-state index < -0.39 is 26.5 Å². The summed E-state index contributed by atoms with van der Waals surface area (Å²) in [4.78, 5) is 10.1. The van der Waals surface area contributed by atoms with Crippen molar-refractivity contribution in [3.05, 3.63) is 29.6 Å². The Morgan fingerprint density at radius 1 is 1.41 bits per heavy atom. The zero-order valence-electron chi connectivity index (χ0n) is 9.47. The lowest BCUT2D eigenvalue weighted by Gasteiger charge is -2.08. The quantitative estimate of drug-likeness (QED) is 0.898. The molecule has 6 heteroatoms. The second-order valence-corrected chi connectivity index (χ2v) is 6.13. The van der Waals surface area contributed by atoms with Crippen molar-refractivity contribution in [2.75, 3.05) is 5.75 Å². The lowest BCUT2D eigenvalue weighted by Crippen LogP contribution is -2.14. The second kappa shape index (κ2) is 4.83. The van der Waals surface area contributed by atoms with E-state index in [9.17, 15) is 17.6 Å². The standard InChI is InChI=1S/C11H13FO4S/c1-7(2)6-17(15,16)10-4-3-8(11(13)14)5-9(10)12/h3-5,7H,6H2,1-2H3,(H,13,14). The van der Waals surface area contributed by atoms with Crippen LogP contribution >= 0.6 is 0 Å². The van der Waals surface area contributed by atoms with Gasteiger partial charge in [0.15, 0.2) is 9.84 Å². The van der Waals surface area contributed by atoms with Gasteiger partial charge in [-0.05, 0) is 24.1 Å². The molecule has 1 aromatic rings. The van der Waals surface area contributed by atoms with Crippen molar-refractivity contribution >= 4 is 15.8 Å². The molecule has 0 aliphatic carbocycles. The average Bonchev–Trinajstić information content (AvgIpc) is 2.14. The highest BCUT2D eigenvalue weighted by molar-refractivity contribution is 7.91. The van der Waals surface area contributed by atoms with Crippen LogP contribution in [0.4, 0.5) is 4.39 Å². The summed E-state index contributed by atoms with van der Waals surface area (Å²) in [6.07, 6.45) is 0. The van der Waals surface area contributed by atoms with Crippen LogP contribution in [0, 0.1) is 11.7 Å². The van der Waals surface area contributed by atoms with Crippen LogP contribution in [0.5, 0.6) is 0 Å². The van der Waals surface area contributed by atoms with Gasteiger partial charge in [0.2, 0.25) is 0 Å². The van der Waals surface area contributed by atoms with Gasteiger partial charge in [0.05, 0.1) is 11.3 Å². The first-order valence-corrected chi connectivity index (χ1v) is 6.65. The Hall–Kier alpha value is -1.43. The van der Waals surface area contributed by atoms with Gasteiger partial charge in [0, 0.05) is 0 Å². The zero-order chi connectivity index (χ0) is 13.2. The highest BCUT2D eigenvalue weighted by Gasteiger charge is 2.21. The Morgan fingerprint density at radius 3 is 2.41 bits per heavy atom. The molecular formula is C11H13FO4S. The van der Waals surface area contributed by atoms with Crippen LogP contribution in [0.2, 0.25) is 0 Å². The molecule has 1 rings (SSSR count). The van der Waals surface area contributed by atoms with Crippen LogP contribution in [0.3, 0.4) is 0 Å². The monoisotopic (exact) mass is 260 g/mol. The number of halogens is 1. The molecular weight excluding hydrogens is 247 g/mol. The van der Waals surface area contributed by atoms with Gasteiger partial charge in [0.1, 0.15) is 10.7 Å². The van der Waals surface area contributed by atoms with E-state index in [2.05, 4.69) is 0 Å². The molecule has 0 amide bonds. The Balaban J connectivity index is 3.21. The van der Waals surface area contributed by atoms with Gasteiger partial charge >= 0.3 is 5.97 Å². The van der Waals surface area contributed by atoms with Gasteiger partial charge in [-0.15, -0.1) is 0 Å². The van der Waals surface area contributed by atoms with E-state index in [4.69, 9.17) is 5.11 Å². The first-order valence-electron chi connectivity index (χ1n) is 4.99. The third-order valence-electron chi connectivity index (χ3n) is 2.07. The Kier molecular flexibility index (Phi) is 3.87. The third-order valence-corrected chi connectivity index (χ3v) is 4.17. The van der Waals surface area contributed by atoms with E-state index in [1.54, 1.807) is 13.8 Å². The summed E-state index contributed by atoms with van der Waals surface area (Å²) < 4.78 is 37.0. The van der Waals surface area contributed by atoms with Gasteiger partial charge in [-0.25, -0.2) is 17.6 Å². The van der Waals surface area contributed by atoms with Crippen LogP contribution in [0.15, 0.2) is 23.1 Å². The Morgan fingerprint density at radius 2 is 2.00 bits per heavy atom. The van der Waals surface area contributed by atoms with E-state index in [0.29, 0.717) is 0 Å². The first kappa shape index (κ1) is 13.6. The molecule has 0 bridgehead atoms. The molecule has 0 aliphatic heterocycles. The highest BCUT2D eigenvalue weighted by Crippen LogP contribution is 2.19. The molecule has 1 N–H and O–H groups in total. The number of sulfone groups is 1. The second-order valence-electron chi connectivity index (χ2n) is 4.13. The van der Waals surface area contributed by atoms with Crippen molar-refractivity contribution < 1.29 is 22.7 Å². The van der Waals surface area contributed by atoms with Crippen molar-refractivity contribution in [2.45, 2.75) is 18.7 Å². The van der Waals surface area contributed by atoms with Crippen molar-refractivity contribution in [3.63, 3.8) is 0 Å². The number of hydrogen-bond donors (Lipinski definition) is 1. The molecule has 0 aliphatic rings. The number of carbonyl (C=O) groups is 1. The predicted octanol–water partition coefficient (Wildman–Crippen LogP) is 1.95. The normalized spacial score (nSPS) is 11.8. The van der Waals surface area contributed by atoms with Gasteiger partial charge in [0.25, 0.3) is 0 Å². The van der Waals surface area contributed by atoms with Gasteiger partial charge in [-0.1, -0.05) is 13.8 Å². The SMILES string of the molecule is CC(C)CS(=O)(=O)c1ccc(C(=O)O)cc1F. The summed E-state index contributed by atoms with van der Waals surface area (Å²) in [7, 11) is -3.70. The lowest BCUT2D eigenvalue weighted by atomic mass is 10.2. The summed E-state index contributed by atoms with van der Waals surface area (Å²) >= 11 is 0. The minimum absolute atomic E-state index is 0.126. The fraction of sp³-hybridized carbons (Fsp3) is 0.364. The molecule has 94 valence electrons. The largest absolute Gasteiger partial charge is 0.478 e. The van der Waals surface area contributed by atoms with Crippen LogP contribution in [-0.4, -0.2) is 25.2 Å². The molecule has 0 fully saturated rings. The van der Waals surface area contributed by atoms with Crippen molar-refractivity contribution in [2.24, 2.45) is 5.92 Å². The minimum Gasteiger partial charge on any atom is -0.478 e. The number of aromatic carboxylic acids is 1. The average molecular weight is 260 g/mol. The molecule has 0 radical (unpaired) electrons. The minimum atomic E-state index is -3.70. The Bertz CT molecular complexity index is 534. The maximum Gasteiger partial charge on any atom is 0.335 e. The molecule has 0 atom stereocenters. The van der Waals surface area contributed by atoms with E-state index in [1.165, 1.54) is 0 Å². The molecule has 0 spiro atoms. The van der Waals surface area contributed by atoms with Crippen LogP contribution in [0.1, 0.15) is 24.2 Å². The van der Waals surface area contributed by atoms with Crippen molar-refractivity contribution in [1.29, 1.82) is 0 Å². The van der Waals surface area contributed by atoms with E-state index in [1.807, 2.05) is 0 Å². The summed E-state index contributed by atoms with van der Waals surface area (Å²) in [5.74, 6) is -2.61. The smallest absolute Gasteiger partial charge is 0.335 e. The van der Waals surface area contributed by atoms with E-state index >= 15 is 0 Å². The summed E-state index contributed by atoms with van der Waals surface area (Å²) in [5, 5.41) is 8.63. The van der Waals surface area contributed by atoms with Gasteiger partial charge in [-0.3, -0.25) is 0 Å². The lowest BCUT2D eigenvalue weighted by molar-refractivity contribution is 0.0696. The molecule has 4 nitrogen and oxygen atoms in total. The topological polar surface area (TPSA) is 71.4 Å². The molecule has 0 saturated carbocycles. The van der Waals surface area contributed by atoms with Crippen LogP contribution in [-0.2, 0) is 9.84 Å².